The van der Waals surface area contributed by atoms with Gasteiger partial charge in [-0.1, -0.05) is 58.7 Å². The highest BCUT2D eigenvalue weighted by Gasteiger charge is 2.50. The molecule has 1 unspecified atom stereocenters. The third kappa shape index (κ3) is 21.0. The molecule has 4 aliphatic heterocycles. The second kappa shape index (κ2) is 38.1. The fraction of sp³-hybridized carbons (Fsp3) is 0.567. The van der Waals surface area contributed by atoms with Crippen LogP contribution in [0.1, 0.15) is 87.6 Å². The van der Waals surface area contributed by atoms with Crippen molar-refractivity contribution >= 4 is 87.4 Å². The topological polar surface area (TPSA) is 471 Å². The molecule has 0 spiro atoms. The van der Waals surface area contributed by atoms with E-state index in [0.717, 1.165) is 78.0 Å². The van der Waals surface area contributed by atoms with Crippen molar-refractivity contribution < 1.29 is 103 Å². The van der Waals surface area contributed by atoms with Gasteiger partial charge < -0.3 is 101 Å². The first kappa shape index (κ1) is 79.7. The molecule has 4 saturated heterocycles. The number of thioether (sulfide) groups is 1. The van der Waals surface area contributed by atoms with Crippen molar-refractivity contribution in [3.05, 3.63) is 84.1 Å². The van der Waals surface area contributed by atoms with Crippen LogP contribution in [0.3, 0.4) is 0 Å². The summed E-state index contributed by atoms with van der Waals surface area (Å²) in [5.74, 6) is -8.42. The molecule has 7 amide bonds. The van der Waals surface area contributed by atoms with Crippen LogP contribution < -0.4 is 41.0 Å². The molecule has 2 aromatic heterocycles. The number of unbranched alkanes of at least 4 members (excludes halogenated alkanes) is 3. The molecular formula is C67H92N12O21S3. The predicted octanol–water partition coefficient (Wildman–Crippen LogP) is -0.616. The molecular weight excluding hydrogens is 1410 g/mol. The second-order valence-corrected chi connectivity index (χ2v) is 29.1. The number of fused-ring (bicyclic) bond motifs is 3. The molecule has 6 heterocycles. The van der Waals surface area contributed by atoms with Crippen LogP contribution in [0.2, 0.25) is 0 Å². The van der Waals surface area contributed by atoms with Gasteiger partial charge in [0.05, 0.1) is 67.8 Å². The van der Waals surface area contributed by atoms with E-state index >= 15 is 4.79 Å². The molecule has 4 fully saturated rings. The number of imidazole rings is 1. The minimum Gasteiger partial charge on any atom is -0.504 e. The average Bonchev–Trinajstić information content (AvgIpc) is 1.74. The Kier molecular flexibility index (Phi) is 29.5. The van der Waals surface area contributed by atoms with Gasteiger partial charge in [0.15, 0.2) is 11.5 Å². The van der Waals surface area contributed by atoms with E-state index in [1.807, 2.05) is 0 Å². The number of piperidine rings is 1. The normalized spacial score (nSPS) is 24.6. The Morgan fingerprint density at radius 1 is 0.786 bits per heavy atom. The molecule has 3 aromatic carbocycles. The van der Waals surface area contributed by atoms with Crippen molar-refractivity contribution in [3.8, 4) is 33.3 Å². The fourth-order valence-electron chi connectivity index (χ4n) is 12.9. The maximum absolute atomic E-state index is 15.0. The number of methoxy groups -OCH3 is 1. The number of aliphatic hydroxyl groups is 8. The fourth-order valence-corrected chi connectivity index (χ4v) is 15.3. The Labute approximate surface area is 606 Å². The molecule has 16 N–H and O–H groups in total. The van der Waals surface area contributed by atoms with E-state index in [1.165, 1.54) is 67.5 Å². The highest BCUT2D eigenvalue weighted by Crippen LogP contribution is 2.35. The zero-order chi connectivity index (χ0) is 74.0. The van der Waals surface area contributed by atoms with Crippen molar-refractivity contribution in [3.63, 3.8) is 0 Å². The lowest BCUT2D eigenvalue weighted by molar-refractivity contribution is -0.433. The average molecular weight is 1500 g/mol. The standard InChI is InChI=1S/C67H92N12O21S3/c1-36-31-78-57(58(36)88)63(93)69-30-44(83)28-47(70-59(89)40-11-9-39(10-12-40)48-33-79-67(71-48)102-64(75-79)41-13-15-43(16-14-41)76-22-19-46(20-23-76)101-25-7-5-4-6-24-97-3)60(90)72-54(37(2)82)65(94)77-32-45(84)29-49(77)61(91)73-55(52(87)26-38-8-17-50(85)53(27-38)98-103-100-99-96)62(92)74-56(66(78)95)51(86)18-21-68-42(34-80)35-81/h8-17,27,33,36-37,42,44-47,49,51-52,54-58,68,80-88,96H,4-7,18-26,28-32,34-35H2,1-3H3,(H,69,93)(H,70,89)(H,72,90)(H,73,91)(H,74,92)/t36-,37+,44+,45+,47?,49-,51+,52+,54-,55-,56-,57-,58-/m0/s1. The molecule has 33 nitrogen and oxygen atoms in total. The van der Waals surface area contributed by atoms with Gasteiger partial charge in [-0.25, -0.2) is 14.8 Å². The van der Waals surface area contributed by atoms with Crippen molar-refractivity contribution in [1.29, 1.82) is 0 Å². The zero-order valence-electron chi connectivity index (χ0n) is 57.1. The SMILES string of the molecule is COCCCCCCSC1CCN(c2ccc(-c3nn4cc(-c5ccc(C(=O)NC6C[C@@H](O)CNC(=O)[C@@H]7[C@@H](O)[C@@H](C)CN7C(=O)[C@H]([C@H](O)CCNC(CO)CO)NC(=O)[C@H]([C@H](O)Cc7ccc(O)c(OSOOO)c7)NC(=O)[C@@H]7C[C@@H](O)CN7C(=O)[C@H]([C@@H](C)O)NC6=O)cc5)nc4s3)cc2)CC1. The molecule has 36 heteroatoms. The van der Waals surface area contributed by atoms with Crippen LogP contribution in [0.5, 0.6) is 11.5 Å². The lowest BCUT2D eigenvalue weighted by atomic mass is 9.98. The number of hydrogen-bond acceptors (Lipinski definition) is 28. The van der Waals surface area contributed by atoms with Crippen LogP contribution in [0, 0.1) is 5.92 Å². The molecule has 13 atom stereocenters. The number of ether oxygens (including phenoxy) is 1. The van der Waals surface area contributed by atoms with Crippen LogP contribution in [-0.2, 0) is 49.3 Å². The quantitative estimate of drug-likeness (QED) is 0.0128. The Balaban J connectivity index is 0.939. The lowest BCUT2D eigenvalue weighted by Gasteiger charge is -2.34. The molecule has 564 valence electrons. The van der Waals surface area contributed by atoms with Gasteiger partial charge in [0, 0.05) is 99.2 Å². The van der Waals surface area contributed by atoms with Crippen LogP contribution in [-0.4, -0.2) is 273 Å². The van der Waals surface area contributed by atoms with Crippen molar-refractivity contribution in [2.75, 3.05) is 76.9 Å². The number of aromatic nitrogens is 3. The first-order valence-corrected chi connectivity index (χ1v) is 36.7. The van der Waals surface area contributed by atoms with Gasteiger partial charge in [-0.3, -0.25) is 33.6 Å². The predicted molar refractivity (Wildman–Crippen MR) is 376 cm³/mol. The zero-order valence-corrected chi connectivity index (χ0v) is 59.6. The van der Waals surface area contributed by atoms with E-state index in [-0.39, 0.29) is 42.3 Å². The number of β-amino-alcohol motifs (C(OH)–C–C–N with tert-alkyl or cyclic N) is 1. The summed E-state index contributed by atoms with van der Waals surface area (Å²) in [7, 11) is 1.74. The number of carbonyl (C=O) groups excluding carboxylic acids is 7. The Hall–Kier alpha value is -7.37. The van der Waals surface area contributed by atoms with E-state index in [2.05, 4.69) is 82.2 Å². The molecule has 0 bridgehead atoms. The van der Waals surface area contributed by atoms with Crippen LogP contribution >= 0.6 is 35.4 Å². The number of phenolic OH excluding ortho intramolecular Hbond substituents is 1. The largest absolute Gasteiger partial charge is 0.504 e. The summed E-state index contributed by atoms with van der Waals surface area (Å²) < 4.78 is 16.2. The van der Waals surface area contributed by atoms with Gasteiger partial charge in [-0.15, -0.1) is 0 Å². The van der Waals surface area contributed by atoms with Crippen molar-refractivity contribution in [2.24, 2.45) is 5.92 Å². The van der Waals surface area contributed by atoms with Gasteiger partial charge in [0.1, 0.15) is 41.3 Å². The molecule has 0 aliphatic carbocycles. The number of aromatic hydroxyl groups is 1. The van der Waals surface area contributed by atoms with Crippen LogP contribution in [0.15, 0.2) is 72.9 Å². The minimum atomic E-state index is -2.16. The number of benzene rings is 3. The maximum atomic E-state index is 15.0. The van der Waals surface area contributed by atoms with Gasteiger partial charge in [0.25, 0.3) is 18.2 Å². The van der Waals surface area contributed by atoms with Crippen molar-refractivity contribution in [2.45, 2.75) is 162 Å². The lowest BCUT2D eigenvalue weighted by Crippen LogP contribution is -2.64. The van der Waals surface area contributed by atoms with Gasteiger partial charge in [-0.05, 0) is 105 Å². The van der Waals surface area contributed by atoms with E-state index < -0.39 is 184 Å². The van der Waals surface area contributed by atoms with Crippen LogP contribution in [0.4, 0.5) is 5.69 Å². The van der Waals surface area contributed by atoms with E-state index in [1.54, 1.807) is 30.0 Å². The molecule has 5 aromatic rings. The van der Waals surface area contributed by atoms with Crippen LogP contribution in [0.25, 0.3) is 26.8 Å². The first-order valence-electron chi connectivity index (χ1n) is 34.2. The maximum Gasteiger partial charge on any atom is 0.261 e. The second-order valence-electron chi connectivity index (χ2n) is 26.2. The number of nitrogens with zero attached hydrogens (tertiary/aromatic N) is 6. The summed E-state index contributed by atoms with van der Waals surface area (Å²) in [4.78, 5) is 112. The highest BCUT2D eigenvalue weighted by atomic mass is 32.2. The summed E-state index contributed by atoms with van der Waals surface area (Å²) in [6.07, 6.45) is -3.86. The summed E-state index contributed by atoms with van der Waals surface area (Å²) in [5, 5.41) is 133. The minimum absolute atomic E-state index is 0.0171. The monoisotopic (exact) mass is 1500 g/mol. The number of rotatable bonds is 28. The van der Waals surface area contributed by atoms with Gasteiger partial charge in [0.2, 0.25) is 40.4 Å². The van der Waals surface area contributed by atoms with Gasteiger partial charge in [-0.2, -0.15) is 16.9 Å². The number of carbonyl (C=O) groups is 7. The number of anilines is 1. The summed E-state index contributed by atoms with van der Waals surface area (Å²) >= 11 is 3.57. The summed E-state index contributed by atoms with van der Waals surface area (Å²) in [6.45, 7) is 2.50. The Morgan fingerprint density at radius 3 is 2.17 bits per heavy atom. The Morgan fingerprint density at radius 2 is 1.48 bits per heavy atom. The summed E-state index contributed by atoms with van der Waals surface area (Å²) in [6, 6.07) is 5.77. The number of aliphatic hydroxyl groups excluding tert-OH is 8. The summed E-state index contributed by atoms with van der Waals surface area (Å²) in [5.41, 5.74) is 3.36. The first-order chi connectivity index (χ1) is 49.5. The van der Waals surface area contributed by atoms with Gasteiger partial charge >= 0.3 is 0 Å². The smallest absolute Gasteiger partial charge is 0.261 e. The highest BCUT2D eigenvalue weighted by molar-refractivity contribution is 7.99. The van der Waals surface area contributed by atoms with Crippen molar-refractivity contribution in [1.82, 2.24) is 56.3 Å². The third-order valence-corrected chi connectivity index (χ3v) is 21.5. The molecule has 9 rings (SSSR count). The third-order valence-electron chi connectivity index (χ3n) is 18.7. The molecule has 0 radical (unpaired) electrons. The molecule has 4 aliphatic rings. The van der Waals surface area contributed by atoms with E-state index in [0.29, 0.717) is 21.5 Å². The molecule has 0 saturated carbocycles. The molecule has 103 heavy (non-hydrogen) atoms. The number of amides is 7. The Bertz CT molecular complexity index is 3610. The van der Waals surface area contributed by atoms with E-state index in [4.69, 9.17) is 24.3 Å². The number of phenols is 1. The van der Waals surface area contributed by atoms with E-state index in [9.17, 15) is 74.7 Å². The number of nitrogens with one attached hydrogen (secondary N) is 6. The number of hydrogen-bond donors (Lipinski definition) is 16.